The minimum atomic E-state index is 0.835. The van der Waals surface area contributed by atoms with Gasteiger partial charge in [-0.25, -0.2) is 0 Å². The van der Waals surface area contributed by atoms with Gasteiger partial charge in [-0.3, -0.25) is 0 Å². The van der Waals surface area contributed by atoms with Crippen LogP contribution in [0.1, 0.15) is 5.56 Å². The smallest absolute Gasteiger partial charge is 0.0393 e. The highest BCUT2D eigenvalue weighted by molar-refractivity contribution is 6.02. The van der Waals surface area contributed by atoms with Crippen molar-refractivity contribution in [2.24, 2.45) is 0 Å². The first-order valence-electron chi connectivity index (χ1n) is 6.10. The molecule has 0 spiro atoms. The number of anilines is 1. The fourth-order valence-corrected chi connectivity index (χ4v) is 2.32. The van der Waals surface area contributed by atoms with Crippen molar-refractivity contribution in [2.75, 3.05) is 5.73 Å². The van der Waals surface area contributed by atoms with Crippen LogP contribution < -0.4 is 5.73 Å². The van der Waals surface area contributed by atoms with Crippen LogP contribution >= 0.6 is 0 Å². The summed E-state index contributed by atoms with van der Waals surface area (Å²) >= 11 is 0. The molecule has 0 saturated carbocycles. The molecule has 0 bridgehead atoms. The van der Waals surface area contributed by atoms with Gasteiger partial charge in [-0.15, -0.1) is 0 Å². The van der Waals surface area contributed by atoms with Gasteiger partial charge < -0.3 is 5.73 Å². The van der Waals surface area contributed by atoms with Crippen LogP contribution in [0.25, 0.3) is 21.9 Å². The van der Waals surface area contributed by atoms with Gasteiger partial charge >= 0.3 is 0 Å². The van der Waals surface area contributed by atoms with Crippen LogP contribution in [0, 0.1) is 6.92 Å². The van der Waals surface area contributed by atoms with Gasteiger partial charge in [0.05, 0.1) is 0 Å². The van der Waals surface area contributed by atoms with Crippen molar-refractivity contribution in [3.05, 3.63) is 66.2 Å². The van der Waals surface area contributed by atoms with E-state index in [1.807, 2.05) is 12.1 Å². The normalized spacial score (nSPS) is 10.7. The summed E-state index contributed by atoms with van der Waals surface area (Å²) in [5, 5.41) is 2.33. The Balaban J connectivity index is 2.29. The van der Waals surface area contributed by atoms with E-state index in [0.29, 0.717) is 0 Å². The zero-order valence-corrected chi connectivity index (χ0v) is 10.4. The fourth-order valence-electron chi connectivity index (χ4n) is 2.32. The summed E-state index contributed by atoms with van der Waals surface area (Å²) in [5.74, 6) is 0. The molecule has 3 aromatic rings. The first-order valence-corrected chi connectivity index (χ1v) is 6.10. The maximum atomic E-state index is 6.03. The summed E-state index contributed by atoms with van der Waals surface area (Å²) in [6.07, 6.45) is 0. The van der Waals surface area contributed by atoms with E-state index in [0.717, 1.165) is 11.1 Å². The largest absolute Gasteiger partial charge is 0.398 e. The van der Waals surface area contributed by atoms with Gasteiger partial charge in [-0.1, -0.05) is 60.2 Å². The number of hydrogen-bond acceptors (Lipinski definition) is 1. The molecule has 0 saturated heterocycles. The van der Waals surface area contributed by atoms with E-state index >= 15 is 0 Å². The molecule has 0 aliphatic carbocycles. The average molecular weight is 233 g/mol. The number of aryl methyl sites for hydroxylation is 1. The van der Waals surface area contributed by atoms with Crippen molar-refractivity contribution in [1.29, 1.82) is 0 Å². The number of nitrogens with two attached hydrogens (primary N) is 1. The summed E-state index contributed by atoms with van der Waals surface area (Å²) in [5.41, 5.74) is 10.6. The third-order valence-corrected chi connectivity index (χ3v) is 3.32. The van der Waals surface area contributed by atoms with Crippen LogP contribution in [0.4, 0.5) is 5.69 Å². The number of fused-ring (bicyclic) bond motifs is 1. The minimum absolute atomic E-state index is 0.835. The second kappa shape index (κ2) is 4.19. The average Bonchev–Trinajstić information content (AvgIpc) is 2.40. The van der Waals surface area contributed by atoms with Crippen molar-refractivity contribution in [3.63, 3.8) is 0 Å². The van der Waals surface area contributed by atoms with Crippen LogP contribution in [0.5, 0.6) is 0 Å². The monoisotopic (exact) mass is 233 g/mol. The van der Waals surface area contributed by atoms with Gasteiger partial charge in [0.2, 0.25) is 0 Å². The van der Waals surface area contributed by atoms with Crippen LogP contribution in [0.15, 0.2) is 60.7 Å². The molecular formula is C17H15N. The van der Waals surface area contributed by atoms with E-state index < -0.39 is 0 Å². The summed E-state index contributed by atoms with van der Waals surface area (Å²) < 4.78 is 0. The predicted octanol–water partition coefficient (Wildman–Crippen LogP) is 4.40. The van der Waals surface area contributed by atoms with Crippen LogP contribution in [0.3, 0.4) is 0 Å². The first-order chi connectivity index (χ1) is 8.75. The van der Waals surface area contributed by atoms with Crippen LogP contribution in [-0.4, -0.2) is 0 Å². The van der Waals surface area contributed by atoms with E-state index in [9.17, 15) is 0 Å². The number of rotatable bonds is 1. The topological polar surface area (TPSA) is 26.0 Å². The zero-order chi connectivity index (χ0) is 12.5. The lowest BCUT2D eigenvalue weighted by Gasteiger charge is -2.08. The molecule has 0 aliphatic rings. The second-order valence-electron chi connectivity index (χ2n) is 4.61. The van der Waals surface area contributed by atoms with Crippen molar-refractivity contribution in [3.8, 4) is 11.1 Å². The van der Waals surface area contributed by atoms with Crippen LogP contribution in [0.2, 0.25) is 0 Å². The van der Waals surface area contributed by atoms with Crippen molar-refractivity contribution in [1.82, 2.24) is 0 Å². The van der Waals surface area contributed by atoms with E-state index in [1.165, 1.54) is 22.1 Å². The molecule has 0 atom stereocenters. The van der Waals surface area contributed by atoms with Gasteiger partial charge in [0, 0.05) is 11.1 Å². The molecule has 0 amide bonds. The lowest BCUT2D eigenvalue weighted by atomic mass is 9.97. The Hall–Kier alpha value is -2.28. The van der Waals surface area contributed by atoms with Gasteiger partial charge in [0.25, 0.3) is 0 Å². The van der Waals surface area contributed by atoms with Gasteiger partial charge in [0.15, 0.2) is 0 Å². The molecule has 3 rings (SSSR count). The van der Waals surface area contributed by atoms with E-state index in [2.05, 4.69) is 55.5 Å². The molecule has 18 heavy (non-hydrogen) atoms. The number of hydrogen-bond donors (Lipinski definition) is 1. The van der Waals surface area contributed by atoms with Crippen LogP contribution in [-0.2, 0) is 0 Å². The zero-order valence-electron chi connectivity index (χ0n) is 10.4. The third kappa shape index (κ3) is 1.74. The minimum Gasteiger partial charge on any atom is -0.398 e. The highest BCUT2D eigenvalue weighted by Crippen LogP contribution is 2.31. The number of nitrogen functional groups attached to an aromatic ring is 1. The molecule has 0 aromatic heterocycles. The second-order valence-corrected chi connectivity index (χ2v) is 4.61. The van der Waals surface area contributed by atoms with E-state index in [4.69, 9.17) is 5.73 Å². The summed E-state index contributed by atoms with van der Waals surface area (Å²) in [6, 6.07) is 21.0. The molecule has 1 nitrogen and oxygen atoms in total. The molecule has 0 fully saturated rings. The molecule has 0 aliphatic heterocycles. The third-order valence-electron chi connectivity index (χ3n) is 3.32. The molecule has 0 heterocycles. The van der Waals surface area contributed by atoms with Gasteiger partial charge in [-0.2, -0.15) is 0 Å². The molecule has 0 unspecified atom stereocenters. The predicted molar refractivity (Wildman–Crippen MR) is 78.5 cm³/mol. The summed E-state index contributed by atoms with van der Waals surface area (Å²) in [4.78, 5) is 0. The SMILES string of the molecule is Cc1ccc(-c2cccc3c(N)cccc23)cc1. The quantitative estimate of drug-likeness (QED) is 0.619. The Morgan fingerprint density at radius 2 is 1.39 bits per heavy atom. The lowest BCUT2D eigenvalue weighted by Crippen LogP contribution is -1.88. The standard InChI is InChI=1S/C17H15N/c1-12-8-10-13(11-9-12)14-4-2-6-16-15(14)5-3-7-17(16)18/h2-11H,18H2,1H3. The van der Waals surface area contributed by atoms with Crippen molar-refractivity contribution < 1.29 is 0 Å². The Bertz CT molecular complexity index is 696. The summed E-state index contributed by atoms with van der Waals surface area (Å²) in [6.45, 7) is 2.10. The van der Waals surface area contributed by atoms with Gasteiger partial charge in [0.1, 0.15) is 0 Å². The molecular weight excluding hydrogens is 218 g/mol. The van der Waals surface area contributed by atoms with Crippen molar-refractivity contribution in [2.45, 2.75) is 6.92 Å². The summed E-state index contributed by atoms with van der Waals surface area (Å²) in [7, 11) is 0. The lowest BCUT2D eigenvalue weighted by molar-refractivity contribution is 1.47. The Morgan fingerprint density at radius 3 is 2.17 bits per heavy atom. The van der Waals surface area contributed by atoms with Crippen molar-refractivity contribution >= 4 is 16.5 Å². The maximum absolute atomic E-state index is 6.03. The van der Waals surface area contributed by atoms with E-state index in [1.54, 1.807) is 0 Å². The Labute approximate surface area is 107 Å². The molecule has 1 heteroatoms. The molecule has 3 aromatic carbocycles. The highest BCUT2D eigenvalue weighted by atomic mass is 14.5. The molecule has 2 N–H and O–H groups in total. The Morgan fingerprint density at radius 1 is 0.722 bits per heavy atom. The Kier molecular flexibility index (Phi) is 2.52. The highest BCUT2D eigenvalue weighted by Gasteiger charge is 2.04. The molecule has 0 radical (unpaired) electrons. The van der Waals surface area contributed by atoms with E-state index in [-0.39, 0.29) is 0 Å². The van der Waals surface area contributed by atoms with Gasteiger partial charge in [-0.05, 0) is 29.5 Å². The number of benzene rings is 3. The first kappa shape index (κ1) is 10.8. The maximum Gasteiger partial charge on any atom is 0.0393 e. The fraction of sp³-hybridized carbons (Fsp3) is 0.0588. The molecule has 88 valence electrons.